The van der Waals surface area contributed by atoms with Crippen LogP contribution in [0.4, 0.5) is 0 Å². The number of halogens is 2. The molecule has 0 spiro atoms. The third-order valence-electron chi connectivity index (χ3n) is 11.3. The third-order valence-corrected chi connectivity index (χ3v) is 11.7. The van der Waals surface area contributed by atoms with Crippen molar-refractivity contribution in [3.8, 4) is 11.5 Å². The van der Waals surface area contributed by atoms with Crippen LogP contribution >= 0.6 is 23.2 Å². The van der Waals surface area contributed by atoms with Crippen LogP contribution in [0.1, 0.15) is 86.1 Å². The fourth-order valence-electron chi connectivity index (χ4n) is 7.93. The van der Waals surface area contributed by atoms with Crippen molar-refractivity contribution in [1.29, 1.82) is 0 Å². The standard InChI is InChI=1S/C48H54Cl2N2O10/c1-5-57-43(53)29-59-39-15-13-31-17-19-47(3,25-35(31)23-39)51-27-41(33-9-7-11-37(49)21-33)61-45(55)46(56)62-42(34-10-8-12-38(50)22-34)28-52-48(4)20-18-32-14-16-40(24-36(32)26-48)60-30-44(54)58-6-2/h7-16,21-24,41-42,51-52H,5-6,17-20,25-30H2,1-4H3/t41-,42-,47?,48?/m0/s1. The zero-order chi connectivity index (χ0) is 44.3. The molecular weight excluding hydrogens is 835 g/mol. The van der Waals surface area contributed by atoms with Crippen LogP contribution < -0.4 is 20.1 Å². The third kappa shape index (κ3) is 12.9. The molecule has 6 rings (SSSR count). The van der Waals surface area contributed by atoms with E-state index in [4.69, 9.17) is 51.6 Å². The molecule has 14 heteroatoms. The highest BCUT2D eigenvalue weighted by Gasteiger charge is 2.35. The Kier molecular flexibility index (Phi) is 15.9. The molecule has 0 saturated carbocycles. The lowest BCUT2D eigenvalue weighted by Gasteiger charge is -2.37. The van der Waals surface area contributed by atoms with E-state index in [0.717, 1.165) is 36.8 Å². The Hall–Kier alpha value is -5.14. The summed E-state index contributed by atoms with van der Waals surface area (Å²) >= 11 is 12.8. The predicted molar refractivity (Wildman–Crippen MR) is 235 cm³/mol. The van der Waals surface area contributed by atoms with E-state index in [9.17, 15) is 19.2 Å². The molecule has 4 aromatic carbocycles. The first kappa shape index (κ1) is 46.4. The number of hydrogen-bond donors (Lipinski definition) is 2. The normalized spacial score (nSPS) is 18.9. The summed E-state index contributed by atoms with van der Waals surface area (Å²) < 4.78 is 33.3. The van der Waals surface area contributed by atoms with Crippen molar-refractivity contribution in [2.45, 2.75) is 89.5 Å². The van der Waals surface area contributed by atoms with Crippen molar-refractivity contribution < 1.29 is 47.6 Å². The van der Waals surface area contributed by atoms with Gasteiger partial charge in [0, 0.05) is 34.2 Å². The SMILES string of the molecule is CCOC(=O)COc1ccc2c(c1)CC(C)(NC[C@H](OC(=O)C(=O)O[C@@H](CNC1(C)CCc3ccc(OCC(=O)OCC)cc3C1)c1cccc(Cl)c1)c1cccc(Cl)c1)CC2. The molecule has 2 N–H and O–H groups in total. The molecule has 0 saturated heterocycles. The fraction of sp³-hybridized carbons (Fsp3) is 0.417. The maximum Gasteiger partial charge on any atom is 0.418 e. The molecule has 0 fully saturated rings. The molecule has 0 heterocycles. The number of esters is 4. The van der Waals surface area contributed by atoms with Crippen LogP contribution in [-0.2, 0) is 63.8 Å². The van der Waals surface area contributed by atoms with Gasteiger partial charge in [-0.15, -0.1) is 0 Å². The molecule has 0 amide bonds. The van der Waals surface area contributed by atoms with Gasteiger partial charge in [0.2, 0.25) is 0 Å². The van der Waals surface area contributed by atoms with Gasteiger partial charge in [0.15, 0.2) is 13.2 Å². The number of carbonyl (C=O) groups is 4. The van der Waals surface area contributed by atoms with Gasteiger partial charge >= 0.3 is 23.9 Å². The van der Waals surface area contributed by atoms with E-state index in [0.29, 0.717) is 45.5 Å². The summed E-state index contributed by atoms with van der Waals surface area (Å²) in [4.78, 5) is 51.2. The molecular formula is C48H54Cl2N2O10. The Balaban J connectivity index is 1.12. The van der Waals surface area contributed by atoms with Crippen molar-refractivity contribution >= 4 is 47.1 Å². The van der Waals surface area contributed by atoms with Gasteiger partial charge in [0.1, 0.15) is 23.7 Å². The summed E-state index contributed by atoms with van der Waals surface area (Å²) in [5.74, 6) is -2.03. The van der Waals surface area contributed by atoms with Crippen LogP contribution in [0.5, 0.6) is 11.5 Å². The van der Waals surface area contributed by atoms with Gasteiger partial charge in [0.05, 0.1) is 13.2 Å². The van der Waals surface area contributed by atoms with Crippen LogP contribution in [-0.4, -0.2) is 74.5 Å². The van der Waals surface area contributed by atoms with E-state index < -0.39 is 47.2 Å². The van der Waals surface area contributed by atoms with Gasteiger partial charge in [-0.3, -0.25) is 0 Å². The van der Waals surface area contributed by atoms with Crippen molar-refractivity contribution in [2.24, 2.45) is 0 Å². The van der Waals surface area contributed by atoms with Crippen LogP contribution in [0.3, 0.4) is 0 Å². The van der Waals surface area contributed by atoms with Crippen LogP contribution in [0, 0.1) is 0 Å². The summed E-state index contributed by atoms with van der Waals surface area (Å²) in [5.41, 5.74) is 4.91. The van der Waals surface area contributed by atoms with Gasteiger partial charge in [-0.1, -0.05) is 59.6 Å². The molecule has 0 aromatic heterocycles. The monoisotopic (exact) mass is 888 g/mol. The number of carbonyl (C=O) groups excluding carboxylic acids is 4. The second kappa shape index (κ2) is 21.3. The lowest BCUT2D eigenvalue weighted by atomic mass is 9.79. The average Bonchev–Trinajstić information content (AvgIpc) is 3.24. The van der Waals surface area contributed by atoms with E-state index in [-0.39, 0.29) is 39.5 Å². The molecule has 0 aliphatic heterocycles. The second-order valence-electron chi connectivity index (χ2n) is 16.2. The Labute approximate surface area is 372 Å². The highest BCUT2D eigenvalue weighted by molar-refractivity contribution is 6.31. The highest BCUT2D eigenvalue weighted by atomic mass is 35.5. The zero-order valence-electron chi connectivity index (χ0n) is 35.6. The Bertz CT molecular complexity index is 2080. The topological polar surface area (TPSA) is 148 Å². The summed E-state index contributed by atoms with van der Waals surface area (Å²) in [6.07, 6.45) is 2.68. The smallest absolute Gasteiger partial charge is 0.418 e. The number of rotatable bonds is 18. The van der Waals surface area contributed by atoms with Crippen molar-refractivity contribution in [2.75, 3.05) is 39.5 Å². The van der Waals surface area contributed by atoms with E-state index in [1.807, 2.05) is 36.4 Å². The second-order valence-corrected chi connectivity index (χ2v) is 17.1. The molecule has 2 unspecified atom stereocenters. The first-order valence-corrected chi connectivity index (χ1v) is 21.7. The van der Waals surface area contributed by atoms with Crippen molar-refractivity contribution in [3.63, 3.8) is 0 Å². The van der Waals surface area contributed by atoms with Crippen molar-refractivity contribution in [3.05, 3.63) is 128 Å². The Morgan fingerprint density at radius 2 is 1.02 bits per heavy atom. The van der Waals surface area contributed by atoms with E-state index in [1.54, 1.807) is 62.4 Å². The van der Waals surface area contributed by atoms with Gasteiger partial charge in [-0.25, -0.2) is 19.2 Å². The predicted octanol–water partition coefficient (Wildman–Crippen LogP) is 7.82. The fourth-order valence-corrected chi connectivity index (χ4v) is 8.33. The zero-order valence-corrected chi connectivity index (χ0v) is 37.1. The number of nitrogens with one attached hydrogen (secondary N) is 2. The Morgan fingerprint density at radius 1 is 0.597 bits per heavy atom. The number of benzene rings is 4. The molecule has 12 nitrogen and oxygen atoms in total. The largest absolute Gasteiger partial charge is 0.482 e. The van der Waals surface area contributed by atoms with Gasteiger partial charge in [0.25, 0.3) is 0 Å². The molecule has 4 atom stereocenters. The lowest BCUT2D eigenvalue weighted by molar-refractivity contribution is -0.174. The van der Waals surface area contributed by atoms with Gasteiger partial charge in [-0.05, 0) is 148 Å². The quantitative estimate of drug-likeness (QED) is 0.0571. The molecule has 2 aliphatic rings. The average molecular weight is 890 g/mol. The molecule has 62 heavy (non-hydrogen) atoms. The maximum atomic E-state index is 13.7. The maximum absolute atomic E-state index is 13.7. The summed E-state index contributed by atoms with van der Waals surface area (Å²) in [6.45, 7) is 8.24. The molecule has 0 bridgehead atoms. The first-order valence-electron chi connectivity index (χ1n) is 21.0. The van der Waals surface area contributed by atoms with E-state index >= 15 is 0 Å². The molecule has 330 valence electrons. The van der Waals surface area contributed by atoms with Crippen LogP contribution in [0.2, 0.25) is 10.0 Å². The number of ether oxygens (including phenoxy) is 6. The summed E-state index contributed by atoms with van der Waals surface area (Å²) in [7, 11) is 0. The summed E-state index contributed by atoms with van der Waals surface area (Å²) in [6, 6.07) is 25.6. The van der Waals surface area contributed by atoms with Gasteiger partial charge in [-0.2, -0.15) is 0 Å². The van der Waals surface area contributed by atoms with E-state index in [2.05, 4.69) is 24.5 Å². The van der Waals surface area contributed by atoms with Gasteiger partial charge < -0.3 is 39.1 Å². The minimum atomic E-state index is -1.15. The minimum Gasteiger partial charge on any atom is -0.482 e. The first-order chi connectivity index (χ1) is 29.7. The number of fused-ring (bicyclic) bond motifs is 2. The van der Waals surface area contributed by atoms with Crippen LogP contribution in [0.15, 0.2) is 84.9 Å². The minimum absolute atomic E-state index is 0.179. The lowest BCUT2D eigenvalue weighted by Crippen LogP contribution is -2.49. The van der Waals surface area contributed by atoms with Crippen molar-refractivity contribution in [1.82, 2.24) is 10.6 Å². The van der Waals surface area contributed by atoms with Crippen LogP contribution in [0.25, 0.3) is 0 Å². The highest BCUT2D eigenvalue weighted by Crippen LogP contribution is 2.34. The molecule has 2 aliphatic carbocycles. The molecule has 4 aromatic rings. The number of aryl methyl sites for hydroxylation is 2. The number of hydrogen-bond acceptors (Lipinski definition) is 12. The molecule has 0 radical (unpaired) electrons. The Morgan fingerprint density at radius 3 is 1.40 bits per heavy atom. The summed E-state index contributed by atoms with van der Waals surface area (Å²) in [5, 5.41) is 8.12. The van der Waals surface area contributed by atoms with E-state index in [1.165, 1.54) is 11.1 Å².